The average Bonchev–Trinajstić information content (AvgIpc) is 2.82. The van der Waals surface area contributed by atoms with Gasteiger partial charge in [0.1, 0.15) is 11.6 Å². The third-order valence-corrected chi connectivity index (χ3v) is 5.61. The maximum Gasteiger partial charge on any atom is 0.128 e. The summed E-state index contributed by atoms with van der Waals surface area (Å²) in [4.78, 5) is 13.8. The summed E-state index contributed by atoms with van der Waals surface area (Å²) in [6.07, 6.45) is 1.41. The number of likely N-dealkylation sites (N-methyl/N-ethyl adjacent to an activating group) is 1. The van der Waals surface area contributed by atoms with E-state index in [0.29, 0.717) is 13.1 Å². The molecule has 170 valence electrons. The molecule has 8 nitrogen and oxygen atoms in total. The number of nitrogens with zero attached hydrogens (tertiary/aromatic N) is 4. The molecular weight excluding hydrogens is 404 g/mol. The van der Waals surface area contributed by atoms with Gasteiger partial charge < -0.3 is 30.3 Å². The van der Waals surface area contributed by atoms with Crippen LogP contribution in [0.15, 0.2) is 42.6 Å². The lowest BCUT2D eigenvalue weighted by atomic mass is 10.1. The fourth-order valence-corrected chi connectivity index (χ4v) is 3.96. The summed E-state index contributed by atoms with van der Waals surface area (Å²) in [6, 6.07) is 12.0. The number of benzene rings is 1. The lowest BCUT2D eigenvalue weighted by Crippen LogP contribution is -2.43. The first-order valence-electron chi connectivity index (χ1n) is 11.0. The number of methoxy groups -OCH3 is 1. The summed E-state index contributed by atoms with van der Waals surface area (Å²) in [5, 5.41) is 18.1. The van der Waals surface area contributed by atoms with Crippen molar-refractivity contribution in [3.63, 3.8) is 0 Å². The van der Waals surface area contributed by atoms with Gasteiger partial charge in [-0.15, -0.1) is 0 Å². The lowest BCUT2D eigenvalue weighted by molar-refractivity contribution is 0.148. The van der Waals surface area contributed by atoms with Crippen molar-refractivity contribution in [2.24, 2.45) is 0 Å². The highest BCUT2D eigenvalue weighted by Crippen LogP contribution is 2.31. The van der Waals surface area contributed by atoms with Crippen LogP contribution in [0, 0.1) is 0 Å². The number of fused-ring (bicyclic) bond motifs is 1. The number of anilines is 2. The summed E-state index contributed by atoms with van der Waals surface area (Å²) >= 11 is 0. The Balaban J connectivity index is 1.64. The van der Waals surface area contributed by atoms with E-state index in [-0.39, 0.29) is 0 Å². The van der Waals surface area contributed by atoms with E-state index in [1.165, 1.54) is 0 Å². The van der Waals surface area contributed by atoms with Crippen LogP contribution in [-0.2, 0) is 0 Å². The van der Waals surface area contributed by atoms with Crippen molar-refractivity contribution in [3.05, 3.63) is 42.6 Å². The second kappa shape index (κ2) is 10.1. The van der Waals surface area contributed by atoms with Crippen LogP contribution in [0.5, 0.6) is 5.75 Å². The van der Waals surface area contributed by atoms with Crippen molar-refractivity contribution in [1.82, 2.24) is 20.2 Å². The Labute approximate surface area is 189 Å². The number of aliphatic hydroxyl groups is 1. The minimum absolute atomic E-state index is 0.447. The maximum absolute atomic E-state index is 10.3. The molecule has 0 radical (unpaired) electrons. The van der Waals surface area contributed by atoms with Crippen molar-refractivity contribution < 1.29 is 9.84 Å². The summed E-state index contributed by atoms with van der Waals surface area (Å²) in [6.45, 7) is 4.92. The van der Waals surface area contributed by atoms with Crippen molar-refractivity contribution in [2.45, 2.75) is 6.10 Å². The van der Waals surface area contributed by atoms with Crippen molar-refractivity contribution >= 4 is 22.4 Å². The molecule has 0 amide bonds. The predicted molar refractivity (Wildman–Crippen MR) is 130 cm³/mol. The number of aromatic nitrogens is 2. The monoisotopic (exact) mass is 436 g/mol. The third kappa shape index (κ3) is 5.27. The van der Waals surface area contributed by atoms with Gasteiger partial charge in [0.25, 0.3) is 0 Å². The van der Waals surface area contributed by atoms with Gasteiger partial charge in [0.15, 0.2) is 0 Å². The summed E-state index contributed by atoms with van der Waals surface area (Å²) in [5.41, 5.74) is 3.54. The number of nitrogens with one attached hydrogen (secondary N) is 2. The number of hydrogen-bond donors (Lipinski definition) is 3. The van der Waals surface area contributed by atoms with E-state index in [0.717, 1.165) is 65.6 Å². The normalized spacial score (nSPS) is 15.2. The Morgan fingerprint density at radius 2 is 2.00 bits per heavy atom. The zero-order valence-electron chi connectivity index (χ0n) is 19.0. The predicted octanol–water partition coefficient (Wildman–Crippen LogP) is 2.05. The summed E-state index contributed by atoms with van der Waals surface area (Å²) in [7, 11) is 5.56. The number of pyridine rings is 2. The highest BCUT2D eigenvalue weighted by Gasteiger charge is 2.14. The summed E-state index contributed by atoms with van der Waals surface area (Å²) < 4.78 is 5.40. The molecule has 1 atom stereocenters. The van der Waals surface area contributed by atoms with Crippen molar-refractivity contribution in [3.8, 4) is 17.0 Å². The number of aliphatic hydroxyl groups excluding tert-OH is 1. The van der Waals surface area contributed by atoms with Gasteiger partial charge in [-0.25, -0.2) is 9.97 Å². The number of ether oxygens (including phenoxy) is 1. The van der Waals surface area contributed by atoms with Crippen molar-refractivity contribution in [1.29, 1.82) is 0 Å². The molecule has 2 aromatic heterocycles. The second-order valence-corrected chi connectivity index (χ2v) is 8.38. The fraction of sp³-hybridized carbons (Fsp3) is 0.417. The Morgan fingerprint density at radius 1 is 1.19 bits per heavy atom. The molecule has 0 saturated carbocycles. The Hall–Kier alpha value is -2.94. The molecule has 3 aromatic rings. The molecule has 0 unspecified atom stereocenters. The standard InChI is InChI=1S/C24H32N6O2/c1-29(2)16-18(31)15-26-22-13-21(28-23-12-19(32-3)5-6-20(22)23)17-4-7-24(27-14-17)30-10-8-25-9-11-30/h4-7,12-14,18,25,31H,8-11,15-16H2,1-3H3,(H,26,28)/t18-/m1/s1. The third-order valence-electron chi connectivity index (χ3n) is 5.61. The molecule has 32 heavy (non-hydrogen) atoms. The molecule has 3 N–H and O–H groups in total. The van der Waals surface area contributed by atoms with E-state index >= 15 is 0 Å². The topological polar surface area (TPSA) is 85.8 Å². The molecule has 0 spiro atoms. The molecule has 1 aliphatic rings. The molecule has 8 heteroatoms. The maximum atomic E-state index is 10.3. The molecule has 1 aromatic carbocycles. The van der Waals surface area contributed by atoms with Gasteiger partial charge in [-0.3, -0.25) is 0 Å². The zero-order valence-corrected chi connectivity index (χ0v) is 19.0. The molecule has 1 saturated heterocycles. The van der Waals surface area contributed by atoms with Crippen molar-refractivity contribution in [2.75, 3.05) is 70.7 Å². The molecule has 3 heterocycles. The molecule has 1 fully saturated rings. The Morgan fingerprint density at radius 3 is 2.69 bits per heavy atom. The lowest BCUT2D eigenvalue weighted by Gasteiger charge is -2.28. The van der Waals surface area contributed by atoms with Crippen LogP contribution in [0.2, 0.25) is 0 Å². The van der Waals surface area contributed by atoms with E-state index in [9.17, 15) is 5.11 Å². The van der Waals surface area contributed by atoms with E-state index in [4.69, 9.17) is 14.7 Å². The van der Waals surface area contributed by atoms with Gasteiger partial charge >= 0.3 is 0 Å². The zero-order chi connectivity index (χ0) is 22.5. The highest BCUT2D eigenvalue weighted by molar-refractivity contribution is 5.94. The highest BCUT2D eigenvalue weighted by atomic mass is 16.5. The SMILES string of the molecule is COc1ccc2c(NC[C@@H](O)CN(C)C)cc(-c3ccc(N4CCNCC4)nc3)nc2c1. The molecule has 4 rings (SSSR count). The quantitative estimate of drug-likeness (QED) is 0.495. The van der Waals surface area contributed by atoms with Gasteiger partial charge in [0, 0.05) is 68.2 Å². The number of piperazine rings is 1. The smallest absolute Gasteiger partial charge is 0.128 e. The molecule has 1 aliphatic heterocycles. The van der Waals surface area contributed by atoms with Crippen LogP contribution < -0.4 is 20.3 Å². The van der Waals surface area contributed by atoms with E-state index < -0.39 is 6.10 Å². The van der Waals surface area contributed by atoms with Crippen LogP contribution in [0.25, 0.3) is 22.2 Å². The van der Waals surface area contributed by atoms with Gasteiger partial charge in [0.05, 0.1) is 24.4 Å². The fourth-order valence-electron chi connectivity index (χ4n) is 3.96. The average molecular weight is 437 g/mol. The van der Waals surface area contributed by atoms with E-state index in [2.05, 4.69) is 27.7 Å². The first kappa shape index (κ1) is 22.3. The van der Waals surface area contributed by atoms with E-state index in [1.807, 2.05) is 49.5 Å². The first-order chi connectivity index (χ1) is 15.5. The van der Waals surface area contributed by atoms with Crippen LogP contribution in [0.3, 0.4) is 0 Å². The Kier molecular flexibility index (Phi) is 7.04. The van der Waals surface area contributed by atoms with Gasteiger partial charge in [0.2, 0.25) is 0 Å². The molecule has 0 aliphatic carbocycles. The Bertz CT molecular complexity index is 1030. The van der Waals surface area contributed by atoms with Crippen LogP contribution in [-0.4, -0.2) is 86.6 Å². The van der Waals surface area contributed by atoms with Gasteiger partial charge in [-0.05, 0) is 44.4 Å². The minimum Gasteiger partial charge on any atom is -0.497 e. The summed E-state index contributed by atoms with van der Waals surface area (Å²) in [5.74, 6) is 1.75. The van der Waals surface area contributed by atoms with Gasteiger partial charge in [-0.2, -0.15) is 0 Å². The van der Waals surface area contributed by atoms with E-state index in [1.54, 1.807) is 7.11 Å². The van der Waals surface area contributed by atoms with Gasteiger partial charge in [-0.1, -0.05) is 0 Å². The first-order valence-corrected chi connectivity index (χ1v) is 11.0. The molecular formula is C24H32N6O2. The minimum atomic E-state index is -0.477. The number of rotatable bonds is 8. The van der Waals surface area contributed by atoms with Crippen LogP contribution >= 0.6 is 0 Å². The van der Waals surface area contributed by atoms with Crippen LogP contribution in [0.1, 0.15) is 0 Å². The van der Waals surface area contributed by atoms with Crippen LogP contribution in [0.4, 0.5) is 11.5 Å². The number of hydrogen-bond acceptors (Lipinski definition) is 8. The molecule has 0 bridgehead atoms. The largest absolute Gasteiger partial charge is 0.497 e. The second-order valence-electron chi connectivity index (χ2n) is 8.38.